The second-order valence-corrected chi connectivity index (χ2v) is 13.2. The van der Waals surface area contributed by atoms with Crippen molar-refractivity contribution in [2.45, 2.75) is 120 Å². The van der Waals surface area contributed by atoms with Gasteiger partial charge in [0, 0.05) is 45.3 Å². The van der Waals surface area contributed by atoms with E-state index in [2.05, 4.69) is 20.9 Å². The first-order valence-corrected chi connectivity index (χ1v) is 15.7. The second kappa shape index (κ2) is 11.9. The van der Waals surface area contributed by atoms with Crippen LogP contribution in [0.3, 0.4) is 0 Å². The summed E-state index contributed by atoms with van der Waals surface area (Å²) in [4.78, 5) is 40.5. The SMILES string of the molecule is COC1CCC2C3NCCC4C5CC(OCC(=O)NC6CCC(NC(C)=O)CC6)CCC5N(C(=O)C2C1OC)C43. The molecule has 3 aliphatic heterocycles. The van der Waals surface area contributed by atoms with Gasteiger partial charge >= 0.3 is 0 Å². The Morgan fingerprint density at radius 3 is 2.35 bits per heavy atom. The van der Waals surface area contributed by atoms with Crippen molar-refractivity contribution >= 4 is 17.7 Å². The molecule has 0 aromatic rings. The summed E-state index contributed by atoms with van der Waals surface area (Å²) in [7, 11) is 3.45. The molecule has 6 aliphatic rings. The third kappa shape index (κ3) is 5.18. The molecule has 3 amide bonds. The molecular formula is C30H48N4O6. The molecule has 10 unspecified atom stereocenters. The van der Waals surface area contributed by atoms with Crippen LogP contribution in [0, 0.1) is 23.7 Å². The van der Waals surface area contributed by atoms with Crippen LogP contribution in [-0.4, -0.2) is 98.5 Å². The summed E-state index contributed by atoms with van der Waals surface area (Å²) in [6, 6.07) is 1.18. The van der Waals surface area contributed by atoms with Crippen molar-refractivity contribution < 1.29 is 28.6 Å². The molecule has 0 bridgehead atoms. The maximum Gasteiger partial charge on any atom is 0.246 e. The summed E-state index contributed by atoms with van der Waals surface area (Å²) in [5.74, 6) is 1.28. The standard InChI is InChI=1S/C30H48N4O6/c1-16(35)32-17-4-6-18(7-5-17)33-25(36)15-40-19-8-10-23-22(14-19)20-12-13-31-27-21-9-11-24(38-2)29(39-3)26(21)30(37)34(23)28(20)27/h17-24,26-29,31H,4-15H2,1-3H3,(H,32,35)(H,33,36). The number of rotatable bonds is 7. The quantitative estimate of drug-likeness (QED) is 0.430. The minimum Gasteiger partial charge on any atom is -0.379 e. The van der Waals surface area contributed by atoms with Crippen LogP contribution >= 0.6 is 0 Å². The molecule has 0 radical (unpaired) electrons. The molecule has 3 saturated carbocycles. The molecule has 3 saturated heterocycles. The van der Waals surface area contributed by atoms with Gasteiger partial charge in [-0.3, -0.25) is 14.4 Å². The summed E-state index contributed by atoms with van der Waals surface area (Å²) in [6.07, 6.45) is 9.10. The zero-order valence-corrected chi connectivity index (χ0v) is 24.3. The van der Waals surface area contributed by atoms with Crippen molar-refractivity contribution in [1.29, 1.82) is 0 Å². The molecule has 3 heterocycles. The molecule has 224 valence electrons. The first-order chi connectivity index (χ1) is 19.4. The molecule has 0 aromatic carbocycles. The van der Waals surface area contributed by atoms with E-state index in [1.807, 2.05) is 0 Å². The topological polar surface area (TPSA) is 118 Å². The van der Waals surface area contributed by atoms with E-state index >= 15 is 0 Å². The number of methoxy groups -OCH3 is 2. The molecule has 0 aromatic heterocycles. The highest BCUT2D eigenvalue weighted by molar-refractivity contribution is 5.83. The smallest absolute Gasteiger partial charge is 0.246 e. The average molecular weight is 561 g/mol. The van der Waals surface area contributed by atoms with Crippen LogP contribution in [0.4, 0.5) is 0 Å². The maximum absolute atomic E-state index is 14.2. The van der Waals surface area contributed by atoms with Crippen LogP contribution in [0.5, 0.6) is 0 Å². The molecule has 40 heavy (non-hydrogen) atoms. The maximum atomic E-state index is 14.2. The fraction of sp³-hybridized carbons (Fsp3) is 0.900. The number of nitrogens with one attached hydrogen (secondary N) is 3. The van der Waals surface area contributed by atoms with E-state index in [0.29, 0.717) is 17.9 Å². The molecular weight excluding hydrogens is 512 g/mol. The summed E-state index contributed by atoms with van der Waals surface area (Å²) >= 11 is 0. The fourth-order valence-corrected chi connectivity index (χ4v) is 9.62. The van der Waals surface area contributed by atoms with Crippen LogP contribution < -0.4 is 16.0 Å². The van der Waals surface area contributed by atoms with E-state index in [9.17, 15) is 14.4 Å². The number of piperidine rings is 2. The summed E-state index contributed by atoms with van der Waals surface area (Å²) in [6.45, 7) is 2.63. The monoisotopic (exact) mass is 560 g/mol. The van der Waals surface area contributed by atoms with E-state index < -0.39 is 0 Å². The van der Waals surface area contributed by atoms with Crippen molar-refractivity contribution in [3.63, 3.8) is 0 Å². The number of ether oxygens (including phenoxy) is 3. The van der Waals surface area contributed by atoms with Crippen LogP contribution in [-0.2, 0) is 28.6 Å². The van der Waals surface area contributed by atoms with Gasteiger partial charge in [-0.2, -0.15) is 0 Å². The average Bonchev–Trinajstić information content (AvgIpc) is 3.29. The number of nitrogens with zero attached hydrogens (tertiary/aromatic N) is 1. The highest BCUT2D eigenvalue weighted by atomic mass is 16.5. The van der Waals surface area contributed by atoms with Gasteiger partial charge < -0.3 is 35.1 Å². The largest absolute Gasteiger partial charge is 0.379 e. The number of hydrogen-bond acceptors (Lipinski definition) is 7. The Labute approximate surface area is 238 Å². The van der Waals surface area contributed by atoms with E-state index in [1.165, 1.54) is 0 Å². The Bertz CT molecular complexity index is 956. The Kier molecular flexibility index (Phi) is 8.41. The van der Waals surface area contributed by atoms with Crippen molar-refractivity contribution in [2.24, 2.45) is 23.7 Å². The Hall–Kier alpha value is -1.75. The zero-order valence-electron chi connectivity index (χ0n) is 24.3. The van der Waals surface area contributed by atoms with E-state index in [1.54, 1.807) is 21.1 Å². The lowest BCUT2D eigenvalue weighted by atomic mass is 9.64. The third-order valence-electron chi connectivity index (χ3n) is 11.2. The van der Waals surface area contributed by atoms with Crippen LogP contribution in [0.2, 0.25) is 0 Å². The van der Waals surface area contributed by atoms with Gasteiger partial charge in [-0.25, -0.2) is 0 Å². The molecule has 3 aliphatic carbocycles. The molecule has 10 heteroatoms. The normalized spacial score (nSPS) is 44.3. The third-order valence-corrected chi connectivity index (χ3v) is 11.2. The van der Waals surface area contributed by atoms with Crippen molar-refractivity contribution in [3.05, 3.63) is 0 Å². The first kappa shape index (κ1) is 28.4. The van der Waals surface area contributed by atoms with Gasteiger partial charge in [0.1, 0.15) is 6.61 Å². The summed E-state index contributed by atoms with van der Waals surface area (Å²) in [5, 5.41) is 9.97. The van der Waals surface area contributed by atoms with E-state index in [-0.39, 0.29) is 78.6 Å². The van der Waals surface area contributed by atoms with Crippen LogP contribution in [0.15, 0.2) is 0 Å². The van der Waals surface area contributed by atoms with Crippen LogP contribution in [0.25, 0.3) is 0 Å². The minimum absolute atomic E-state index is 0.00977. The number of fused-ring (bicyclic) bond motifs is 5. The van der Waals surface area contributed by atoms with Crippen molar-refractivity contribution in [3.8, 4) is 0 Å². The van der Waals surface area contributed by atoms with E-state index in [4.69, 9.17) is 14.2 Å². The molecule has 10 atom stereocenters. The lowest BCUT2D eigenvalue weighted by Gasteiger charge is -2.55. The number of carbonyl (C=O) groups excluding carboxylic acids is 3. The van der Waals surface area contributed by atoms with E-state index in [0.717, 1.165) is 70.8 Å². The van der Waals surface area contributed by atoms with Gasteiger partial charge in [0.25, 0.3) is 0 Å². The lowest BCUT2D eigenvalue weighted by molar-refractivity contribution is -0.175. The van der Waals surface area contributed by atoms with Gasteiger partial charge in [-0.05, 0) is 88.5 Å². The van der Waals surface area contributed by atoms with Crippen molar-refractivity contribution in [1.82, 2.24) is 20.9 Å². The van der Waals surface area contributed by atoms with Gasteiger partial charge in [0.2, 0.25) is 17.7 Å². The highest BCUT2D eigenvalue weighted by Crippen LogP contribution is 2.54. The lowest BCUT2D eigenvalue weighted by Crippen LogP contribution is -2.70. The Morgan fingerprint density at radius 1 is 0.900 bits per heavy atom. The number of hydrogen-bond donors (Lipinski definition) is 3. The Morgan fingerprint density at radius 2 is 1.65 bits per heavy atom. The summed E-state index contributed by atoms with van der Waals surface area (Å²) in [5.41, 5.74) is 0. The zero-order chi connectivity index (χ0) is 28.0. The molecule has 3 N–H and O–H groups in total. The molecule has 10 nitrogen and oxygen atoms in total. The minimum atomic E-state index is -0.197. The summed E-state index contributed by atoms with van der Waals surface area (Å²) < 4.78 is 17.9. The van der Waals surface area contributed by atoms with Gasteiger partial charge in [-0.15, -0.1) is 0 Å². The number of carbonyl (C=O) groups is 3. The molecule has 0 spiro atoms. The highest BCUT2D eigenvalue weighted by Gasteiger charge is 2.64. The van der Waals surface area contributed by atoms with Gasteiger partial charge in [-0.1, -0.05) is 0 Å². The second-order valence-electron chi connectivity index (χ2n) is 13.2. The van der Waals surface area contributed by atoms with Crippen molar-refractivity contribution in [2.75, 3.05) is 27.4 Å². The predicted octanol–water partition coefficient (Wildman–Crippen LogP) is 1.36. The Balaban J connectivity index is 1.06. The first-order valence-electron chi connectivity index (χ1n) is 15.7. The molecule has 6 rings (SSSR count). The van der Waals surface area contributed by atoms with Crippen LogP contribution in [0.1, 0.15) is 71.1 Å². The predicted molar refractivity (Wildman–Crippen MR) is 147 cm³/mol. The number of amides is 3. The molecule has 6 fully saturated rings. The van der Waals surface area contributed by atoms with Gasteiger partial charge in [0.15, 0.2) is 0 Å². The van der Waals surface area contributed by atoms with Gasteiger partial charge in [0.05, 0.1) is 30.3 Å². The fourth-order valence-electron chi connectivity index (χ4n) is 9.62.